The fourth-order valence-corrected chi connectivity index (χ4v) is 3.62. The molecule has 2 aromatic heterocycles. The van der Waals surface area contributed by atoms with Gasteiger partial charge < -0.3 is 4.52 Å². The molecule has 2 aromatic carbocycles. The predicted octanol–water partition coefficient (Wildman–Crippen LogP) is 4.64. The fraction of sp³-hybridized carbons (Fsp3) is 0.211. The first-order chi connectivity index (χ1) is 14.3. The standard InChI is InChI=1S/C19H15F3N6OS/c1-11-6-12(2)8-15(7-11)28-18(24-26-27-28)30-10-16-23-17(25-29-16)13-4-3-5-14(9-13)19(20,21)22/h3-9H,10H2,1-2H3. The molecule has 0 aliphatic heterocycles. The minimum Gasteiger partial charge on any atom is -0.338 e. The minimum atomic E-state index is -4.44. The zero-order valence-electron chi connectivity index (χ0n) is 15.9. The molecule has 0 saturated heterocycles. The van der Waals surface area contributed by atoms with E-state index in [0.717, 1.165) is 28.9 Å². The number of hydrogen-bond donors (Lipinski definition) is 0. The van der Waals surface area contributed by atoms with E-state index in [1.807, 2.05) is 26.0 Å². The molecule has 0 N–H and O–H groups in total. The average Bonchev–Trinajstić information content (AvgIpc) is 3.34. The van der Waals surface area contributed by atoms with Gasteiger partial charge in [-0.2, -0.15) is 22.8 Å². The quantitative estimate of drug-likeness (QED) is 0.425. The van der Waals surface area contributed by atoms with E-state index in [0.29, 0.717) is 5.16 Å². The fourth-order valence-electron chi connectivity index (χ4n) is 2.90. The van der Waals surface area contributed by atoms with Crippen molar-refractivity contribution in [2.24, 2.45) is 0 Å². The topological polar surface area (TPSA) is 82.5 Å². The van der Waals surface area contributed by atoms with Crippen molar-refractivity contribution in [1.82, 2.24) is 30.3 Å². The van der Waals surface area contributed by atoms with Crippen LogP contribution in [0, 0.1) is 13.8 Å². The van der Waals surface area contributed by atoms with E-state index in [1.165, 1.54) is 23.9 Å². The van der Waals surface area contributed by atoms with E-state index in [4.69, 9.17) is 4.52 Å². The van der Waals surface area contributed by atoms with Gasteiger partial charge in [0.25, 0.3) is 0 Å². The number of benzene rings is 2. The number of halogens is 3. The molecule has 4 rings (SSSR count). The normalized spacial score (nSPS) is 11.8. The number of rotatable bonds is 5. The Balaban J connectivity index is 1.51. The Morgan fingerprint density at radius 1 is 1.07 bits per heavy atom. The molecule has 0 fully saturated rings. The van der Waals surface area contributed by atoms with Crippen molar-refractivity contribution in [1.29, 1.82) is 0 Å². The van der Waals surface area contributed by atoms with Crippen molar-refractivity contribution in [2.75, 3.05) is 0 Å². The third-order valence-electron chi connectivity index (χ3n) is 4.13. The summed E-state index contributed by atoms with van der Waals surface area (Å²) in [7, 11) is 0. The Morgan fingerprint density at radius 3 is 2.57 bits per heavy atom. The van der Waals surface area contributed by atoms with E-state index in [1.54, 1.807) is 4.68 Å². The summed E-state index contributed by atoms with van der Waals surface area (Å²) in [5.74, 6) is 0.602. The van der Waals surface area contributed by atoms with Gasteiger partial charge in [-0.25, -0.2) is 0 Å². The van der Waals surface area contributed by atoms with Crippen molar-refractivity contribution >= 4 is 11.8 Å². The van der Waals surface area contributed by atoms with Crippen molar-refractivity contribution in [3.63, 3.8) is 0 Å². The molecule has 0 spiro atoms. The Kier molecular flexibility index (Phi) is 5.29. The molecule has 0 unspecified atom stereocenters. The third-order valence-corrected chi connectivity index (χ3v) is 5.04. The van der Waals surface area contributed by atoms with E-state index in [2.05, 4.69) is 31.7 Å². The van der Waals surface area contributed by atoms with Crippen LogP contribution in [-0.4, -0.2) is 30.3 Å². The van der Waals surface area contributed by atoms with E-state index >= 15 is 0 Å². The molecular weight excluding hydrogens is 417 g/mol. The maximum Gasteiger partial charge on any atom is 0.416 e. The lowest BCUT2D eigenvalue weighted by molar-refractivity contribution is -0.137. The first kappa shape index (κ1) is 20.1. The highest BCUT2D eigenvalue weighted by molar-refractivity contribution is 7.98. The summed E-state index contributed by atoms with van der Waals surface area (Å²) in [6.45, 7) is 3.98. The first-order valence-corrected chi connectivity index (χ1v) is 9.78. The van der Waals surface area contributed by atoms with Crippen molar-refractivity contribution < 1.29 is 17.7 Å². The Bertz CT molecular complexity index is 1170. The summed E-state index contributed by atoms with van der Waals surface area (Å²) in [6, 6.07) is 10.8. The summed E-state index contributed by atoms with van der Waals surface area (Å²) >= 11 is 1.28. The Labute approximate surface area is 173 Å². The van der Waals surface area contributed by atoms with Crippen LogP contribution in [0.15, 0.2) is 52.1 Å². The van der Waals surface area contributed by atoms with Crippen molar-refractivity contribution in [3.05, 3.63) is 65.0 Å². The van der Waals surface area contributed by atoms with Gasteiger partial charge in [0.2, 0.25) is 16.9 Å². The van der Waals surface area contributed by atoms with Crippen LogP contribution in [0.2, 0.25) is 0 Å². The zero-order chi connectivity index (χ0) is 21.3. The van der Waals surface area contributed by atoms with E-state index < -0.39 is 11.7 Å². The van der Waals surface area contributed by atoms with Gasteiger partial charge in [-0.05, 0) is 59.7 Å². The molecule has 2 heterocycles. The summed E-state index contributed by atoms with van der Waals surface area (Å²) in [4.78, 5) is 4.19. The predicted molar refractivity (Wildman–Crippen MR) is 103 cm³/mol. The molecule has 0 saturated carbocycles. The van der Waals surface area contributed by atoms with Crippen molar-refractivity contribution in [2.45, 2.75) is 30.9 Å². The summed E-state index contributed by atoms with van der Waals surface area (Å²) in [5.41, 5.74) is 2.45. The van der Waals surface area contributed by atoms with Gasteiger partial charge >= 0.3 is 6.18 Å². The van der Waals surface area contributed by atoms with Gasteiger partial charge in [0.05, 0.1) is 17.0 Å². The maximum atomic E-state index is 12.9. The molecule has 0 amide bonds. The Morgan fingerprint density at radius 2 is 1.83 bits per heavy atom. The van der Waals surface area contributed by atoms with Gasteiger partial charge in [0.15, 0.2) is 0 Å². The molecule has 4 aromatic rings. The van der Waals surface area contributed by atoms with Crippen LogP contribution in [0.25, 0.3) is 17.1 Å². The minimum absolute atomic E-state index is 0.0885. The van der Waals surface area contributed by atoms with Gasteiger partial charge in [-0.3, -0.25) is 0 Å². The molecule has 0 aliphatic carbocycles. The highest BCUT2D eigenvalue weighted by Gasteiger charge is 2.30. The number of thioether (sulfide) groups is 1. The lowest BCUT2D eigenvalue weighted by atomic mass is 10.1. The van der Waals surface area contributed by atoms with Crippen LogP contribution in [0.1, 0.15) is 22.6 Å². The number of nitrogens with zero attached hydrogens (tertiary/aromatic N) is 6. The molecule has 30 heavy (non-hydrogen) atoms. The van der Waals surface area contributed by atoms with Crippen LogP contribution in [-0.2, 0) is 11.9 Å². The largest absolute Gasteiger partial charge is 0.416 e. The SMILES string of the molecule is Cc1cc(C)cc(-n2nnnc2SCc2nc(-c3cccc(C(F)(F)F)c3)no2)c1. The van der Waals surface area contributed by atoms with Crippen LogP contribution < -0.4 is 0 Å². The number of tetrazole rings is 1. The maximum absolute atomic E-state index is 12.9. The summed E-state index contributed by atoms with van der Waals surface area (Å²) < 4.78 is 45.5. The van der Waals surface area contributed by atoms with Gasteiger partial charge in [-0.15, -0.1) is 5.10 Å². The van der Waals surface area contributed by atoms with Gasteiger partial charge in [0, 0.05) is 5.56 Å². The van der Waals surface area contributed by atoms with Crippen LogP contribution >= 0.6 is 11.8 Å². The second-order valence-corrected chi connectivity index (χ2v) is 7.54. The smallest absolute Gasteiger partial charge is 0.338 e. The Hall–Kier alpha value is -3.21. The van der Waals surface area contributed by atoms with Crippen LogP contribution in [0.5, 0.6) is 0 Å². The molecule has 7 nitrogen and oxygen atoms in total. The molecule has 0 atom stereocenters. The number of aromatic nitrogens is 6. The summed E-state index contributed by atoms with van der Waals surface area (Å²) in [5, 5.41) is 16.1. The highest BCUT2D eigenvalue weighted by Crippen LogP contribution is 2.32. The number of aryl methyl sites for hydroxylation is 2. The van der Waals surface area contributed by atoms with Gasteiger partial charge in [-0.1, -0.05) is 35.1 Å². The second-order valence-electron chi connectivity index (χ2n) is 6.60. The second kappa shape index (κ2) is 7.90. The average molecular weight is 432 g/mol. The number of hydrogen-bond acceptors (Lipinski definition) is 7. The third kappa shape index (κ3) is 4.35. The molecule has 0 aliphatic rings. The molecular formula is C19H15F3N6OS. The monoisotopic (exact) mass is 432 g/mol. The highest BCUT2D eigenvalue weighted by atomic mass is 32.2. The van der Waals surface area contributed by atoms with E-state index in [-0.39, 0.29) is 23.0 Å². The molecule has 0 bridgehead atoms. The zero-order valence-corrected chi connectivity index (χ0v) is 16.7. The van der Waals surface area contributed by atoms with E-state index in [9.17, 15) is 13.2 Å². The molecule has 11 heteroatoms. The lowest BCUT2D eigenvalue weighted by Gasteiger charge is -2.06. The molecule has 0 radical (unpaired) electrons. The van der Waals surface area contributed by atoms with Crippen LogP contribution in [0.3, 0.4) is 0 Å². The number of alkyl halides is 3. The first-order valence-electron chi connectivity index (χ1n) is 8.80. The lowest BCUT2D eigenvalue weighted by Crippen LogP contribution is -2.04. The summed E-state index contributed by atoms with van der Waals surface area (Å²) in [6.07, 6.45) is -4.44. The van der Waals surface area contributed by atoms with Gasteiger partial charge in [0.1, 0.15) is 0 Å². The van der Waals surface area contributed by atoms with Crippen molar-refractivity contribution in [3.8, 4) is 17.1 Å². The molecule has 154 valence electrons. The van der Waals surface area contributed by atoms with Crippen LogP contribution in [0.4, 0.5) is 13.2 Å².